The number of hydrogen-bond donors (Lipinski definition) is 3. The maximum absolute atomic E-state index is 12.2. The van der Waals surface area contributed by atoms with Crippen molar-refractivity contribution < 1.29 is 8.42 Å². The van der Waals surface area contributed by atoms with E-state index < -0.39 is 10.0 Å². The van der Waals surface area contributed by atoms with Crippen LogP contribution in [-0.4, -0.2) is 30.1 Å². The minimum absolute atomic E-state index is 0.0205. The fourth-order valence-electron chi connectivity index (χ4n) is 1.77. The maximum atomic E-state index is 12.2. The molecule has 2 rings (SSSR count). The number of H-pyrrole nitrogens is 1. The third kappa shape index (κ3) is 3.23. The summed E-state index contributed by atoms with van der Waals surface area (Å²) in [5.41, 5.74) is 7.69. The minimum Gasteiger partial charge on any atom is -0.326 e. The molecule has 0 saturated heterocycles. The van der Waals surface area contributed by atoms with Crippen LogP contribution in [0.4, 0.5) is 0 Å². The van der Waals surface area contributed by atoms with Gasteiger partial charge in [0.2, 0.25) is 0 Å². The Morgan fingerprint density at radius 2 is 2.20 bits per heavy atom. The normalized spacial score (nSPS) is 11.9. The molecule has 20 heavy (non-hydrogen) atoms. The monoisotopic (exact) mass is 315 g/mol. The molecule has 7 nitrogen and oxygen atoms in total. The van der Waals surface area contributed by atoms with E-state index in [0.29, 0.717) is 17.7 Å². The van der Waals surface area contributed by atoms with Crippen molar-refractivity contribution in [3.05, 3.63) is 27.3 Å². The van der Waals surface area contributed by atoms with Crippen LogP contribution in [0.1, 0.15) is 22.0 Å². The average molecular weight is 315 g/mol. The number of hydrogen-bond acceptors (Lipinski definition) is 6. The molecule has 2 aromatic rings. The van der Waals surface area contributed by atoms with Crippen molar-refractivity contribution in [1.82, 2.24) is 19.9 Å². The highest BCUT2D eigenvalue weighted by molar-refractivity contribution is 7.89. The highest BCUT2D eigenvalue weighted by Gasteiger charge is 2.22. The Morgan fingerprint density at radius 3 is 2.80 bits per heavy atom. The van der Waals surface area contributed by atoms with Crippen LogP contribution in [0.2, 0.25) is 0 Å². The molecule has 0 unspecified atom stereocenters. The zero-order chi connectivity index (χ0) is 14.8. The summed E-state index contributed by atoms with van der Waals surface area (Å²) in [6.45, 7) is 4.06. The van der Waals surface area contributed by atoms with Gasteiger partial charge < -0.3 is 5.73 Å². The van der Waals surface area contributed by atoms with Gasteiger partial charge in [0.25, 0.3) is 10.0 Å². The molecule has 0 aliphatic heterocycles. The molecule has 0 amide bonds. The van der Waals surface area contributed by atoms with E-state index in [1.54, 1.807) is 6.92 Å². The second kappa shape index (κ2) is 6.00. The summed E-state index contributed by atoms with van der Waals surface area (Å²) in [5.74, 6) is 0. The van der Waals surface area contributed by atoms with Crippen LogP contribution in [-0.2, 0) is 23.0 Å². The number of nitrogens with two attached hydrogens (primary N) is 1. The van der Waals surface area contributed by atoms with Gasteiger partial charge in [0, 0.05) is 41.8 Å². The van der Waals surface area contributed by atoms with E-state index in [4.69, 9.17) is 5.73 Å². The van der Waals surface area contributed by atoms with Gasteiger partial charge in [-0.25, -0.2) is 18.1 Å². The van der Waals surface area contributed by atoms with E-state index >= 15 is 0 Å². The molecule has 0 saturated carbocycles. The highest BCUT2D eigenvalue weighted by atomic mass is 32.2. The first-order valence-electron chi connectivity index (χ1n) is 6.08. The van der Waals surface area contributed by atoms with Crippen LogP contribution in [0, 0.1) is 13.8 Å². The van der Waals surface area contributed by atoms with E-state index in [1.807, 2.05) is 12.3 Å². The first kappa shape index (κ1) is 15.1. The van der Waals surface area contributed by atoms with E-state index in [9.17, 15) is 8.42 Å². The lowest BCUT2D eigenvalue weighted by Crippen LogP contribution is -2.27. The van der Waals surface area contributed by atoms with Gasteiger partial charge in [-0.2, -0.15) is 5.10 Å². The summed E-state index contributed by atoms with van der Waals surface area (Å²) in [7, 11) is -3.64. The molecular formula is C11H17N5O2S2. The summed E-state index contributed by atoms with van der Waals surface area (Å²) in [4.78, 5) is 4.28. The summed E-state index contributed by atoms with van der Waals surface area (Å²) in [6, 6.07) is 0. The molecule has 0 spiro atoms. The molecule has 0 bridgehead atoms. The molecule has 0 aliphatic carbocycles. The van der Waals surface area contributed by atoms with E-state index in [1.165, 1.54) is 11.3 Å². The van der Waals surface area contributed by atoms with Crippen molar-refractivity contribution in [1.29, 1.82) is 0 Å². The summed E-state index contributed by atoms with van der Waals surface area (Å²) in [5, 5.41) is 9.29. The van der Waals surface area contributed by atoms with Gasteiger partial charge in [-0.1, -0.05) is 0 Å². The molecule has 0 atom stereocenters. The fourth-order valence-corrected chi connectivity index (χ4v) is 3.78. The highest BCUT2D eigenvalue weighted by Crippen LogP contribution is 2.15. The molecule has 0 fully saturated rings. The van der Waals surface area contributed by atoms with Gasteiger partial charge in [0.15, 0.2) is 5.03 Å². The minimum atomic E-state index is -3.64. The van der Waals surface area contributed by atoms with Gasteiger partial charge in [-0.15, -0.1) is 11.3 Å². The second-order valence-corrected chi connectivity index (χ2v) is 6.99. The molecule has 9 heteroatoms. The first-order chi connectivity index (χ1) is 9.44. The quantitative estimate of drug-likeness (QED) is 0.716. The smallest absolute Gasteiger partial charge is 0.260 e. The molecule has 2 heterocycles. The lowest BCUT2D eigenvalue weighted by atomic mass is 10.3. The van der Waals surface area contributed by atoms with Crippen molar-refractivity contribution in [3.63, 3.8) is 0 Å². The van der Waals surface area contributed by atoms with Gasteiger partial charge in [0.05, 0.1) is 5.01 Å². The maximum Gasteiger partial charge on any atom is 0.260 e. The number of rotatable bonds is 6. The van der Waals surface area contributed by atoms with Gasteiger partial charge >= 0.3 is 0 Å². The third-order valence-corrected chi connectivity index (χ3v) is 5.25. The molecule has 0 aliphatic rings. The van der Waals surface area contributed by atoms with Crippen LogP contribution < -0.4 is 10.5 Å². The molecule has 0 radical (unpaired) electrons. The first-order valence-corrected chi connectivity index (χ1v) is 8.45. The second-order valence-electron chi connectivity index (χ2n) is 4.37. The Balaban J connectivity index is 2.04. The van der Waals surface area contributed by atoms with Crippen molar-refractivity contribution in [2.75, 3.05) is 6.54 Å². The van der Waals surface area contributed by atoms with E-state index in [-0.39, 0.29) is 18.1 Å². The molecular weight excluding hydrogens is 298 g/mol. The Bertz CT molecular complexity index is 689. The average Bonchev–Trinajstić information content (AvgIpc) is 2.95. The predicted molar refractivity (Wildman–Crippen MR) is 77.0 cm³/mol. The summed E-state index contributed by atoms with van der Waals surface area (Å²) in [6.07, 6.45) is 0.555. The Hall–Kier alpha value is -1.29. The topological polar surface area (TPSA) is 114 Å². The van der Waals surface area contributed by atoms with Crippen molar-refractivity contribution in [2.45, 2.75) is 31.8 Å². The number of nitrogens with zero attached hydrogens (tertiary/aromatic N) is 2. The van der Waals surface area contributed by atoms with Crippen molar-refractivity contribution in [2.24, 2.45) is 5.73 Å². The zero-order valence-corrected chi connectivity index (χ0v) is 12.9. The number of aryl methyl sites for hydroxylation is 2. The standard InChI is InChI=1S/C11H17N5O2S2/c1-7-6-19-10(14-7)3-4-13-20(17,18)11-9(5-12)8(2)15-16-11/h6,13H,3-5,12H2,1-2H3,(H,15,16). The lowest BCUT2D eigenvalue weighted by Gasteiger charge is -2.05. The van der Waals surface area contributed by atoms with E-state index in [0.717, 1.165) is 10.7 Å². The van der Waals surface area contributed by atoms with E-state index in [2.05, 4.69) is 19.9 Å². The largest absolute Gasteiger partial charge is 0.326 e. The molecule has 0 aromatic carbocycles. The molecule has 2 aromatic heterocycles. The van der Waals surface area contributed by atoms with Crippen LogP contribution >= 0.6 is 11.3 Å². The number of sulfonamides is 1. The van der Waals surface area contributed by atoms with Crippen LogP contribution in [0.25, 0.3) is 0 Å². The Morgan fingerprint density at radius 1 is 1.45 bits per heavy atom. The number of aromatic nitrogens is 3. The van der Waals surface area contributed by atoms with Crippen LogP contribution in [0.15, 0.2) is 10.4 Å². The Labute approximate surface area is 121 Å². The number of aromatic amines is 1. The third-order valence-electron chi connectivity index (χ3n) is 2.79. The number of nitrogens with one attached hydrogen (secondary N) is 2. The zero-order valence-electron chi connectivity index (χ0n) is 11.3. The molecule has 4 N–H and O–H groups in total. The van der Waals surface area contributed by atoms with Gasteiger partial charge in [0.1, 0.15) is 0 Å². The lowest BCUT2D eigenvalue weighted by molar-refractivity contribution is 0.576. The van der Waals surface area contributed by atoms with Crippen LogP contribution in [0.5, 0.6) is 0 Å². The number of thiazole rings is 1. The Kier molecular flexibility index (Phi) is 4.53. The van der Waals surface area contributed by atoms with Gasteiger partial charge in [-0.3, -0.25) is 5.10 Å². The predicted octanol–water partition coefficient (Wildman–Crippen LogP) is 0.463. The molecule has 110 valence electrons. The van der Waals surface area contributed by atoms with Crippen molar-refractivity contribution in [3.8, 4) is 0 Å². The van der Waals surface area contributed by atoms with Crippen LogP contribution in [0.3, 0.4) is 0 Å². The fraction of sp³-hybridized carbons (Fsp3) is 0.455. The van der Waals surface area contributed by atoms with Gasteiger partial charge in [-0.05, 0) is 13.8 Å². The van der Waals surface area contributed by atoms with Crippen molar-refractivity contribution >= 4 is 21.4 Å². The summed E-state index contributed by atoms with van der Waals surface area (Å²) < 4.78 is 26.8. The summed E-state index contributed by atoms with van der Waals surface area (Å²) >= 11 is 1.52. The SMILES string of the molecule is Cc1csc(CCNS(=O)(=O)c2n[nH]c(C)c2CN)n1.